The van der Waals surface area contributed by atoms with Gasteiger partial charge in [-0.1, -0.05) is 12.8 Å². The van der Waals surface area contributed by atoms with Crippen LogP contribution in [0.4, 0.5) is 0 Å². The van der Waals surface area contributed by atoms with Crippen molar-refractivity contribution in [3.05, 3.63) is 0 Å². The highest BCUT2D eigenvalue weighted by Gasteiger charge is 2.14. The summed E-state index contributed by atoms with van der Waals surface area (Å²) in [6.07, 6.45) is 6.18. The third-order valence-corrected chi connectivity index (χ3v) is 1.94. The lowest BCUT2D eigenvalue weighted by atomic mass is 10.3. The Hall–Kier alpha value is -0.0800. The Labute approximate surface area is 62.2 Å². The topological polar surface area (TPSA) is 29.1 Å². The Bertz CT molecular complexity index is 77.3. The molecule has 1 saturated carbocycles. The second-order valence-electron chi connectivity index (χ2n) is 2.83. The first kappa shape index (κ1) is 8.02. The van der Waals surface area contributed by atoms with Crippen molar-refractivity contribution < 1.29 is 9.84 Å². The minimum Gasteiger partial charge on any atom is -0.378 e. The average Bonchev–Trinajstić information content (AvgIpc) is 2.41. The van der Waals surface area contributed by atoms with Crippen molar-refractivity contribution >= 4 is 0 Å². The smallest absolute Gasteiger partial charge is 0.0844 e. The first-order valence-corrected chi connectivity index (χ1v) is 4.13. The quantitative estimate of drug-likeness (QED) is 0.551. The normalized spacial score (nSPS) is 20.1. The van der Waals surface area contributed by atoms with Crippen molar-refractivity contribution in [1.29, 1.82) is 0 Å². The third kappa shape index (κ3) is 2.67. The molecule has 1 rings (SSSR count). The lowest BCUT2D eigenvalue weighted by Gasteiger charge is -2.08. The van der Waals surface area contributed by atoms with Gasteiger partial charge in [0.1, 0.15) is 0 Å². The highest BCUT2D eigenvalue weighted by atomic mass is 16.5. The van der Waals surface area contributed by atoms with Crippen LogP contribution in [0.3, 0.4) is 0 Å². The summed E-state index contributed by atoms with van der Waals surface area (Å²) in [5, 5.41) is 10.0. The maximum Gasteiger partial charge on any atom is 0.0844 e. The van der Waals surface area contributed by atoms with Gasteiger partial charge in [0.2, 0.25) is 0 Å². The molecule has 0 aromatic carbocycles. The molecule has 1 radical (unpaired) electrons. The van der Waals surface area contributed by atoms with E-state index in [-0.39, 0.29) is 6.61 Å². The van der Waals surface area contributed by atoms with Gasteiger partial charge < -0.3 is 4.74 Å². The predicted octanol–water partition coefficient (Wildman–Crippen LogP) is 1.77. The van der Waals surface area contributed by atoms with Gasteiger partial charge in [-0.25, -0.2) is 5.11 Å². The lowest BCUT2D eigenvalue weighted by Crippen LogP contribution is -2.08. The van der Waals surface area contributed by atoms with Crippen LogP contribution in [0.15, 0.2) is 0 Å². The fraction of sp³-hybridized carbons (Fsp3) is 1.00. The minimum atomic E-state index is 0.00667. The molecule has 0 amide bonds. The number of rotatable bonds is 4. The molecule has 1 aliphatic rings. The summed E-state index contributed by atoms with van der Waals surface area (Å²) >= 11 is 0. The first-order valence-electron chi connectivity index (χ1n) is 4.13. The Kier molecular flexibility index (Phi) is 3.76. The molecule has 0 aromatic heterocycles. The number of hydrogen-bond donors (Lipinski definition) is 0. The molecule has 0 spiro atoms. The van der Waals surface area contributed by atoms with Crippen LogP contribution in [0, 0.1) is 0 Å². The van der Waals surface area contributed by atoms with E-state index in [0.717, 1.165) is 0 Å². The van der Waals surface area contributed by atoms with Crippen molar-refractivity contribution in [3.8, 4) is 0 Å². The molecule has 0 aromatic rings. The van der Waals surface area contributed by atoms with Crippen LogP contribution in [-0.4, -0.2) is 19.3 Å². The summed E-state index contributed by atoms with van der Waals surface area (Å²) in [6, 6.07) is 0. The highest BCUT2D eigenvalue weighted by molar-refractivity contribution is 4.66. The van der Waals surface area contributed by atoms with Gasteiger partial charge in [0, 0.05) is 6.61 Å². The second-order valence-corrected chi connectivity index (χ2v) is 2.83. The van der Waals surface area contributed by atoms with E-state index in [2.05, 4.69) is 0 Å². The van der Waals surface area contributed by atoms with Crippen LogP contribution < -0.4 is 0 Å². The van der Waals surface area contributed by atoms with Crippen LogP contribution in [0.25, 0.3) is 0 Å². The SMILES string of the molecule is [O]CCCOC1CCCC1. The molecular weight excluding hydrogens is 128 g/mol. The molecule has 0 aliphatic heterocycles. The average molecular weight is 143 g/mol. The summed E-state index contributed by atoms with van der Waals surface area (Å²) in [4.78, 5) is 0. The molecule has 10 heavy (non-hydrogen) atoms. The molecule has 0 saturated heterocycles. The summed E-state index contributed by atoms with van der Waals surface area (Å²) in [5.74, 6) is 0. The Morgan fingerprint density at radius 2 is 2.00 bits per heavy atom. The molecule has 0 N–H and O–H groups in total. The molecule has 2 nitrogen and oxygen atoms in total. The zero-order valence-electron chi connectivity index (χ0n) is 6.34. The van der Waals surface area contributed by atoms with Crippen molar-refractivity contribution in [1.82, 2.24) is 0 Å². The summed E-state index contributed by atoms with van der Waals surface area (Å²) < 4.78 is 5.44. The first-order chi connectivity index (χ1) is 4.93. The predicted molar refractivity (Wildman–Crippen MR) is 38.4 cm³/mol. The molecule has 0 heterocycles. The van der Waals surface area contributed by atoms with Gasteiger partial charge in [0.15, 0.2) is 0 Å². The van der Waals surface area contributed by atoms with Gasteiger partial charge in [-0.15, -0.1) is 0 Å². The molecule has 2 heteroatoms. The van der Waals surface area contributed by atoms with E-state index in [9.17, 15) is 5.11 Å². The van der Waals surface area contributed by atoms with Gasteiger partial charge in [-0.3, -0.25) is 0 Å². The van der Waals surface area contributed by atoms with E-state index in [1.807, 2.05) is 0 Å². The molecule has 0 bridgehead atoms. The zero-order valence-corrected chi connectivity index (χ0v) is 6.34. The molecule has 1 aliphatic carbocycles. The fourth-order valence-corrected chi connectivity index (χ4v) is 1.36. The minimum absolute atomic E-state index is 0.00667. The van der Waals surface area contributed by atoms with Crippen LogP contribution in [0.1, 0.15) is 32.1 Å². The maximum atomic E-state index is 10.0. The maximum absolute atomic E-state index is 10.0. The van der Waals surface area contributed by atoms with Crippen LogP contribution in [0.2, 0.25) is 0 Å². The van der Waals surface area contributed by atoms with Gasteiger partial charge in [-0.05, 0) is 19.3 Å². The van der Waals surface area contributed by atoms with Crippen molar-refractivity contribution in [3.63, 3.8) is 0 Å². The molecular formula is C8H15O2. The van der Waals surface area contributed by atoms with E-state index < -0.39 is 0 Å². The second kappa shape index (κ2) is 4.69. The fourth-order valence-electron chi connectivity index (χ4n) is 1.36. The Morgan fingerprint density at radius 3 is 2.60 bits per heavy atom. The Morgan fingerprint density at radius 1 is 1.30 bits per heavy atom. The van der Waals surface area contributed by atoms with Crippen LogP contribution in [-0.2, 0) is 9.84 Å². The third-order valence-electron chi connectivity index (χ3n) is 1.94. The largest absolute Gasteiger partial charge is 0.378 e. The number of ether oxygens (including phenoxy) is 1. The monoisotopic (exact) mass is 143 g/mol. The summed E-state index contributed by atoms with van der Waals surface area (Å²) in [6.45, 7) is 0.681. The van der Waals surface area contributed by atoms with Crippen LogP contribution >= 0.6 is 0 Å². The van der Waals surface area contributed by atoms with Crippen molar-refractivity contribution in [2.45, 2.75) is 38.2 Å². The van der Waals surface area contributed by atoms with Crippen molar-refractivity contribution in [2.24, 2.45) is 0 Å². The molecule has 59 valence electrons. The van der Waals surface area contributed by atoms with E-state index in [1.54, 1.807) is 0 Å². The van der Waals surface area contributed by atoms with E-state index in [4.69, 9.17) is 4.74 Å². The standard InChI is InChI=1S/C8H15O2/c9-6-3-7-10-8-4-1-2-5-8/h8H,1-7H2. The molecule has 0 atom stereocenters. The van der Waals surface area contributed by atoms with E-state index in [0.29, 0.717) is 19.1 Å². The highest BCUT2D eigenvalue weighted by Crippen LogP contribution is 2.20. The van der Waals surface area contributed by atoms with E-state index >= 15 is 0 Å². The molecule has 0 unspecified atom stereocenters. The summed E-state index contributed by atoms with van der Waals surface area (Å²) in [7, 11) is 0. The summed E-state index contributed by atoms with van der Waals surface area (Å²) in [5.41, 5.74) is 0. The van der Waals surface area contributed by atoms with Gasteiger partial charge in [0.25, 0.3) is 0 Å². The number of hydrogen-bond acceptors (Lipinski definition) is 1. The van der Waals surface area contributed by atoms with Gasteiger partial charge in [-0.2, -0.15) is 0 Å². The van der Waals surface area contributed by atoms with Crippen molar-refractivity contribution in [2.75, 3.05) is 13.2 Å². The zero-order chi connectivity index (χ0) is 7.23. The Balaban J connectivity index is 1.91. The van der Waals surface area contributed by atoms with Crippen LogP contribution in [0.5, 0.6) is 0 Å². The van der Waals surface area contributed by atoms with Gasteiger partial charge in [0.05, 0.1) is 12.7 Å². The van der Waals surface area contributed by atoms with E-state index in [1.165, 1.54) is 25.7 Å². The molecule has 1 fully saturated rings. The lowest BCUT2D eigenvalue weighted by molar-refractivity contribution is 0.0420. The van der Waals surface area contributed by atoms with Gasteiger partial charge >= 0.3 is 0 Å².